The van der Waals surface area contributed by atoms with Crippen molar-refractivity contribution in [1.29, 1.82) is 0 Å². The Bertz CT molecular complexity index is 384. The van der Waals surface area contributed by atoms with Crippen molar-refractivity contribution in [3.8, 4) is 0 Å². The summed E-state index contributed by atoms with van der Waals surface area (Å²) in [6.45, 7) is 7.04. The summed E-state index contributed by atoms with van der Waals surface area (Å²) < 4.78 is 5.47. The lowest BCUT2D eigenvalue weighted by molar-refractivity contribution is -0.0627. The minimum Gasteiger partial charge on any atom is -0.391 e. The molecule has 0 amide bonds. The van der Waals surface area contributed by atoms with Gasteiger partial charge < -0.3 is 9.84 Å². The zero-order valence-corrected chi connectivity index (χ0v) is 11.2. The van der Waals surface area contributed by atoms with E-state index in [-0.39, 0.29) is 12.1 Å². The van der Waals surface area contributed by atoms with E-state index in [2.05, 4.69) is 16.8 Å². The smallest absolute Gasteiger partial charge is 0.0739 e. The second-order valence-corrected chi connectivity index (χ2v) is 4.83. The summed E-state index contributed by atoms with van der Waals surface area (Å²) in [6.07, 6.45) is 0.436. The molecule has 0 radical (unpaired) electrons. The Labute approximate surface area is 109 Å². The van der Waals surface area contributed by atoms with Crippen LogP contribution in [0.3, 0.4) is 0 Å². The summed E-state index contributed by atoms with van der Waals surface area (Å²) in [5.41, 5.74) is 2.08. The van der Waals surface area contributed by atoms with Gasteiger partial charge in [-0.1, -0.05) is 13.0 Å². The van der Waals surface area contributed by atoms with Crippen molar-refractivity contribution in [2.24, 2.45) is 0 Å². The topological polar surface area (TPSA) is 45.6 Å². The molecule has 100 valence electrons. The molecule has 1 fully saturated rings. The van der Waals surface area contributed by atoms with Crippen LogP contribution in [0.4, 0.5) is 0 Å². The largest absolute Gasteiger partial charge is 0.391 e. The zero-order chi connectivity index (χ0) is 13.0. The number of nitrogens with zero attached hydrogens (tertiary/aromatic N) is 2. The predicted molar refractivity (Wildman–Crippen MR) is 70.3 cm³/mol. The van der Waals surface area contributed by atoms with Gasteiger partial charge in [-0.3, -0.25) is 9.88 Å². The van der Waals surface area contributed by atoms with Crippen molar-refractivity contribution in [2.75, 3.05) is 19.8 Å². The van der Waals surface area contributed by atoms with Crippen LogP contribution in [0, 0.1) is 6.92 Å². The third kappa shape index (κ3) is 3.28. The van der Waals surface area contributed by atoms with E-state index in [1.165, 1.54) is 0 Å². The lowest BCUT2D eigenvalue weighted by atomic mass is 10.0. The van der Waals surface area contributed by atoms with Gasteiger partial charge in [0.1, 0.15) is 0 Å². The molecule has 2 rings (SSSR count). The van der Waals surface area contributed by atoms with Crippen molar-refractivity contribution in [2.45, 2.75) is 39.0 Å². The van der Waals surface area contributed by atoms with Crippen LogP contribution in [0.5, 0.6) is 0 Å². The molecule has 1 saturated heterocycles. The average Bonchev–Trinajstić information content (AvgIpc) is 2.37. The SMILES string of the molecule is CCN(Cc1cccc(C)n1)C1COCCC1O. The first kappa shape index (κ1) is 13.5. The quantitative estimate of drug-likeness (QED) is 0.876. The Morgan fingerprint density at radius 1 is 1.50 bits per heavy atom. The Morgan fingerprint density at radius 2 is 2.33 bits per heavy atom. The molecule has 2 atom stereocenters. The summed E-state index contributed by atoms with van der Waals surface area (Å²) in [6, 6.07) is 6.15. The molecule has 1 aromatic heterocycles. The second kappa shape index (κ2) is 6.27. The van der Waals surface area contributed by atoms with Crippen LogP contribution in [0.15, 0.2) is 18.2 Å². The van der Waals surface area contributed by atoms with Gasteiger partial charge in [-0.15, -0.1) is 0 Å². The Balaban J connectivity index is 2.04. The molecule has 4 heteroatoms. The van der Waals surface area contributed by atoms with Gasteiger partial charge in [0.05, 0.1) is 24.4 Å². The predicted octanol–water partition coefficient (Wildman–Crippen LogP) is 1.36. The number of likely N-dealkylation sites (N-methyl/N-ethyl adjacent to an activating group) is 1. The van der Waals surface area contributed by atoms with E-state index in [0.717, 1.165) is 30.9 Å². The Kier molecular flexibility index (Phi) is 4.69. The average molecular weight is 250 g/mol. The van der Waals surface area contributed by atoms with Crippen LogP contribution in [0.25, 0.3) is 0 Å². The van der Waals surface area contributed by atoms with Crippen molar-refractivity contribution in [3.05, 3.63) is 29.6 Å². The van der Waals surface area contributed by atoms with Crippen LogP contribution in [0.2, 0.25) is 0 Å². The number of aromatic nitrogens is 1. The van der Waals surface area contributed by atoms with Gasteiger partial charge in [0.2, 0.25) is 0 Å². The van der Waals surface area contributed by atoms with Crippen molar-refractivity contribution in [3.63, 3.8) is 0 Å². The highest BCUT2D eigenvalue weighted by atomic mass is 16.5. The molecule has 0 aromatic carbocycles. The molecule has 0 aliphatic carbocycles. The molecule has 1 aromatic rings. The number of ether oxygens (including phenoxy) is 1. The number of hydrogen-bond donors (Lipinski definition) is 1. The number of aliphatic hydroxyl groups is 1. The number of aliphatic hydroxyl groups excluding tert-OH is 1. The molecule has 1 aliphatic rings. The fourth-order valence-corrected chi connectivity index (χ4v) is 2.42. The van der Waals surface area contributed by atoms with E-state index in [1.807, 2.05) is 25.1 Å². The van der Waals surface area contributed by atoms with Crippen LogP contribution >= 0.6 is 0 Å². The van der Waals surface area contributed by atoms with E-state index in [4.69, 9.17) is 4.74 Å². The molecule has 18 heavy (non-hydrogen) atoms. The van der Waals surface area contributed by atoms with Gasteiger partial charge in [-0.2, -0.15) is 0 Å². The molecule has 0 bridgehead atoms. The van der Waals surface area contributed by atoms with E-state index in [1.54, 1.807) is 0 Å². The lowest BCUT2D eigenvalue weighted by Crippen LogP contribution is -2.49. The summed E-state index contributed by atoms with van der Waals surface area (Å²) >= 11 is 0. The monoisotopic (exact) mass is 250 g/mol. The third-order valence-corrected chi connectivity index (χ3v) is 3.48. The highest BCUT2D eigenvalue weighted by molar-refractivity contribution is 5.10. The van der Waals surface area contributed by atoms with Crippen LogP contribution in [0.1, 0.15) is 24.7 Å². The highest BCUT2D eigenvalue weighted by Crippen LogP contribution is 2.16. The van der Waals surface area contributed by atoms with Crippen molar-refractivity contribution >= 4 is 0 Å². The number of hydrogen-bond acceptors (Lipinski definition) is 4. The molecular formula is C14H22N2O2. The van der Waals surface area contributed by atoms with E-state index in [0.29, 0.717) is 13.2 Å². The standard InChI is InChI=1S/C14H22N2O2/c1-3-16(13-10-18-8-7-14(13)17)9-12-6-4-5-11(2)15-12/h4-6,13-14,17H,3,7-10H2,1-2H3. The zero-order valence-electron chi connectivity index (χ0n) is 11.2. The molecule has 2 heterocycles. The second-order valence-electron chi connectivity index (χ2n) is 4.83. The van der Waals surface area contributed by atoms with Crippen LogP contribution in [-0.2, 0) is 11.3 Å². The first-order chi connectivity index (χ1) is 8.70. The molecule has 2 unspecified atom stereocenters. The summed E-state index contributed by atoms with van der Waals surface area (Å²) in [4.78, 5) is 6.76. The fraction of sp³-hybridized carbons (Fsp3) is 0.643. The first-order valence-corrected chi connectivity index (χ1v) is 6.63. The van der Waals surface area contributed by atoms with Gasteiger partial charge >= 0.3 is 0 Å². The summed E-state index contributed by atoms with van der Waals surface area (Å²) in [5, 5.41) is 10.1. The van der Waals surface area contributed by atoms with Crippen LogP contribution < -0.4 is 0 Å². The maximum atomic E-state index is 10.1. The first-order valence-electron chi connectivity index (χ1n) is 6.63. The van der Waals surface area contributed by atoms with Gasteiger partial charge in [-0.05, 0) is 32.0 Å². The van der Waals surface area contributed by atoms with Gasteiger partial charge in [0, 0.05) is 18.8 Å². The molecule has 0 saturated carbocycles. The van der Waals surface area contributed by atoms with Crippen molar-refractivity contribution < 1.29 is 9.84 Å². The maximum Gasteiger partial charge on any atom is 0.0739 e. The van der Waals surface area contributed by atoms with Gasteiger partial charge in [0.15, 0.2) is 0 Å². The number of rotatable bonds is 4. The molecule has 1 N–H and O–H groups in total. The van der Waals surface area contributed by atoms with Crippen molar-refractivity contribution in [1.82, 2.24) is 9.88 Å². The summed E-state index contributed by atoms with van der Waals surface area (Å²) in [5.74, 6) is 0. The molecule has 0 spiro atoms. The molecule has 4 nitrogen and oxygen atoms in total. The van der Waals surface area contributed by atoms with Crippen LogP contribution in [-0.4, -0.2) is 46.9 Å². The van der Waals surface area contributed by atoms with E-state index >= 15 is 0 Å². The maximum absolute atomic E-state index is 10.1. The number of aryl methyl sites for hydroxylation is 1. The lowest BCUT2D eigenvalue weighted by Gasteiger charge is -2.36. The Morgan fingerprint density at radius 3 is 3.00 bits per heavy atom. The summed E-state index contributed by atoms with van der Waals surface area (Å²) in [7, 11) is 0. The normalized spacial score (nSPS) is 24.4. The van der Waals surface area contributed by atoms with E-state index in [9.17, 15) is 5.11 Å². The van der Waals surface area contributed by atoms with E-state index < -0.39 is 0 Å². The van der Waals surface area contributed by atoms with Gasteiger partial charge in [0.25, 0.3) is 0 Å². The van der Waals surface area contributed by atoms with Gasteiger partial charge in [-0.25, -0.2) is 0 Å². The Hall–Kier alpha value is -0.970. The molecule has 1 aliphatic heterocycles. The highest BCUT2D eigenvalue weighted by Gasteiger charge is 2.28. The molecular weight excluding hydrogens is 228 g/mol. The minimum atomic E-state index is -0.288. The fourth-order valence-electron chi connectivity index (χ4n) is 2.42. The third-order valence-electron chi connectivity index (χ3n) is 3.48. The minimum absolute atomic E-state index is 0.0889. The number of pyridine rings is 1.